The quantitative estimate of drug-likeness (QED) is 0.871. The van der Waals surface area contributed by atoms with Crippen molar-refractivity contribution in [3.8, 4) is 0 Å². The SMILES string of the molecule is CC(=O)Nc1ccc(SC2CNCCN2C)cc1. The number of carbonyl (C=O) groups is 1. The predicted octanol–water partition coefficient (Wildman–Crippen LogP) is 1.60. The predicted molar refractivity (Wildman–Crippen MR) is 75.9 cm³/mol. The average molecular weight is 265 g/mol. The highest BCUT2D eigenvalue weighted by atomic mass is 32.2. The molecule has 1 aliphatic heterocycles. The fourth-order valence-corrected chi connectivity index (χ4v) is 2.98. The van der Waals surface area contributed by atoms with E-state index in [9.17, 15) is 4.79 Å². The third-order valence-corrected chi connectivity index (χ3v) is 4.24. The van der Waals surface area contributed by atoms with Crippen LogP contribution in [0.25, 0.3) is 0 Å². The van der Waals surface area contributed by atoms with Crippen LogP contribution in [0.15, 0.2) is 29.2 Å². The summed E-state index contributed by atoms with van der Waals surface area (Å²) in [6.07, 6.45) is 0. The molecular formula is C13H19N3OS. The van der Waals surface area contributed by atoms with E-state index in [0.717, 1.165) is 25.3 Å². The molecular weight excluding hydrogens is 246 g/mol. The van der Waals surface area contributed by atoms with Crippen molar-refractivity contribution in [1.29, 1.82) is 0 Å². The van der Waals surface area contributed by atoms with Gasteiger partial charge in [0.2, 0.25) is 5.91 Å². The molecule has 0 aromatic heterocycles. The van der Waals surface area contributed by atoms with Gasteiger partial charge in [-0.15, -0.1) is 11.8 Å². The first-order valence-electron chi connectivity index (χ1n) is 6.10. The van der Waals surface area contributed by atoms with E-state index in [1.54, 1.807) is 0 Å². The van der Waals surface area contributed by atoms with E-state index in [4.69, 9.17) is 0 Å². The van der Waals surface area contributed by atoms with Gasteiger partial charge in [-0.05, 0) is 31.3 Å². The molecule has 0 spiro atoms. The number of anilines is 1. The van der Waals surface area contributed by atoms with Crippen LogP contribution >= 0.6 is 11.8 Å². The van der Waals surface area contributed by atoms with Crippen molar-refractivity contribution in [2.45, 2.75) is 17.2 Å². The largest absolute Gasteiger partial charge is 0.326 e. The molecule has 1 atom stereocenters. The summed E-state index contributed by atoms with van der Waals surface area (Å²) in [5.74, 6) is -0.0355. The van der Waals surface area contributed by atoms with E-state index in [2.05, 4.69) is 34.7 Å². The van der Waals surface area contributed by atoms with Crippen molar-refractivity contribution < 1.29 is 4.79 Å². The van der Waals surface area contributed by atoms with E-state index in [0.29, 0.717) is 5.37 Å². The molecule has 5 heteroatoms. The van der Waals surface area contributed by atoms with Crippen molar-refractivity contribution in [3.05, 3.63) is 24.3 Å². The Morgan fingerprint density at radius 3 is 2.78 bits per heavy atom. The van der Waals surface area contributed by atoms with Crippen LogP contribution in [-0.2, 0) is 4.79 Å². The van der Waals surface area contributed by atoms with Gasteiger partial charge < -0.3 is 10.6 Å². The fraction of sp³-hybridized carbons (Fsp3) is 0.462. The minimum atomic E-state index is -0.0355. The van der Waals surface area contributed by atoms with Gasteiger partial charge in [0.25, 0.3) is 0 Å². The zero-order chi connectivity index (χ0) is 13.0. The Morgan fingerprint density at radius 1 is 1.44 bits per heavy atom. The van der Waals surface area contributed by atoms with Gasteiger partial charge in [0.15, 0.2) is 0 Å². The van der Waals surface area contributed by atoms with Crippen molar-refractivity contribution >= 4 is 23.4 Å². The topological polar surface area (TPSA) is 44.4 Å². The third kappa shape index (κ3) is 3.73. The van der Waals surface area contributed by atoms with Crippen LogP contribution in [0, 0.1) is 0 Å². The number of piperazine rings is 1. The number of nitrogens with zero attached hydrogens (tertiary/aromatic N) is 1. The van der Waals surface area contributed by atoms with Gasteiger partial charge in [-0.3, -0.25) is 9.69 Å². The number of rotatable bonds is 3. The maximum Gasteiger partial charge on any atom is 0.221 e. The number of nitrogens with one attached hydrogen (secondary N) is 2. The second-order valence-electron chi connectivity index (χ2n) is 4.46. The van der Waals surface area contributed by atoms with E-state index >= 15 is 0 Å². The summed E-state index contributed by atoms with van der Waals surface area (Å²) in [6.45, 7) is 4.68. The summed E-state index contributed by atoms with van der Waals surface area (Å²) in [7, 11) is 2.16. The Labute approximate surface area is 112 Å². The smallest absolute Gasteiger partial charge is 0.221 e. The van der Waals surface area contributed by atoms with Gasteiger partial charge in [0.05, 0.1) is 5.37 Å². The van der Waals surface area contributed by atoms with E-state index in [1.807, 2.05) is 23.9 Å². The van der Waals surface area contributed by atoms with Gasteiger partial charge in [0.1, 0.15) is 0 Å². The zero-order valence-electron chi connectivity index (χ0n) is 10.8. The second-order valence-corrected chi connectivity index (χ2v) is 5.71. The first-order valence-corrected chi connectivity index (χ1v) is 6.98. The molecule has 1 unspecified atom stereocenters. The number of hydrogen-bond donors (Lipinski definition) is 2. The molecule has 1 amide bonds. The minimum absolute atomic E-state index is 0.0355. The molecule has 18 heavy (non-hydrogen) atoms. The van der Waals surface area contributed by atoms with Crippen LogP contribution in [0.3, 0.4) is 0 Å². The Kier molecular flexibility index (Phi) is 4.63. The Balaban J connectivity index is 1.95. The summed E-state index contributed by atoms with van der Waals surface area (Å²) < 4.78 is 0. The van der Waals surface area contributed by atoms with Crippen LogP contribution in [-0.4, -0.2) is 42.9 Å². The molecule has 0 saturated carbocycles. The van der Waals surface area contributed by atoms with Crippen molar-refractivity contribution in [3.63, 3.8) is 0 Å². The first kappa shape index (κ1) is 13.4. The number of likely N-dealkylation sites (N-methyl/N-ethyl adjacent to an activating group) is 1. The maximum absolute atomic E-state index is 10.9. The molecule has 0 aliphatic carbocycles. The minimum Gasteiger partial charge on any atom is -0.326 e. The summed E-state index contributed by atoms with van der Waals surface area (Å²) in [5, 5.41) is 6.65. The highest BCUT2D eigenvalue weighted by Crippen LogP contribution is 2.26. The van der Waals surface area contributed by atoms with Crippen molar-refractivity contribution in [2.75, 3.05) is 32.0 Å². The molecule has 2 rings (SSSR count). The molecule has 1 heterocycles. The summed E-state index contributed by atoms with van der Waals surface area (Å²) in [5.41, 5.74) is 0.849. The van der Waals surface area contributed by atoms with Crippen molar-refractivity contribution in [1.82, 2.24) is 10.2 Å². The van der Waals surface area contributed by atoms with E-state index < -0.39 is 0 Å². The van der Waals surface area contributed by atoms with Crippen molar-refractivity contribution in [2.24, 2.45) is 0 Å². The summed E-state index contributed by atoms with van der Waals surface area (Å²) in [6, 6.07) is 8.00. The van der Waals surface area contributed by atoms with Crippen LogP contribution in [0.5, 0.6) is 0 Å². The first-order chi connectivity index (χ1) is 8.65. The molecule has 1 aromatic rings. The van der Waals surface area contributed by atoms with Crippen LogP contribution in [0.1, 0.15) is 6.92 Å². The fourth-order valence-electron chi connectivity index (χ4n) is 1.89. The third-order valence-electron chi connectivity index (χ3n) is 2.90. The van der Waals surface area contributed by atoms with Gasteiger partial charge in [-0.1, -0.05) is 0 Å². The normalized spacial score (nSPS) is 20.7. The monoisotopic (exact) mass is 265 g/mol. The number of thioether (sulfide) groups is 1. The lowest BCUT2D eigenvalue weighted by atomic mass is 10.3. The van der Waals surface area contributed by atoms with Gasteiger partial charge in [-0.2, -0.15) is 0 Å². The lowest BCUT2D eigenvalue weighted by Crippen LogP contribution is -2.47. The molecule has 1 saturated heterocycles. The highest BCUT2D eigenvalue weighted by molar-refractivity contribution is 7.99. The molecule has 0 bridgehead atoms. The van der Waals surface area contributed by atoms with Crippen LogP contribution in [0.2, 0.25) is 0 Å². The van der Waals surface area contributed by atoms with E-state index in [-0.39, 0.29) is 5.91 Å². The zero-order valence-corrected chi connectivity index (χ0v) is 11.6. The Bertz CT molecular complexity index is 407. The molecule has 1 aromatic carbocycles. The molecule has 1 aliphatic rings. The standard InChI is InChI=1S/C13H19N3OS/c1-10(17)15-11-3-5-12(6-4-11)18-13-9-14-7-8-16(13)2/h3-6,13-14H,7-9H2,1-2H3,(H,15,17). The summed E-state index contributed by atoms with van der Waals surface area (Å²) >= 11 is 1.85. The Hall–Kier alpha value is -1.04. The van der Waals surface area contributed by atoms with Gasteiger partial charge in [0, 0.05) is 37.1 Å². The van der Waals surface area contributed by atoms with Gasteiger partial charge >= 0.3 is 0 Å². The lowest BCUT2D eigenvalue weighted by Gasteiger charge is -2.32. The second kappa shape index (κ2) is 6.22. The van der Waals surface area contributed by atoms with Gasteiger partial charge in [-0.25, -0.2) is 0 Å². The molecule has 1 fully saturated rings. The van der Waals surface area contributed by atoms with Crippen LogP contribution < -0.4 is 10.6 Å². The summed E-state index contributed by atoms with van der Waals surface area (Å²) in [4.78, 5) is 14.5. The number of hydrogen-bond acceptors (Lipinski definition) is 4. The number of amides is 1. The molecule has 0 radical (unpaired) electrons. The molecule has 2 N–H and O–H groups in total. The van der Waals surface area contributed by atoms with E-state index in [1.165, 1.54) is 11.8 Å². The molecule has 4 nitrogen and oxygen atoms in total. The average Bonchev–Trinajstić information content (AvgIpc) is 2.34. The highest BCUT2D eigenvalue weighted by Gasteiger charge is 2.19. The lowest BCUT2D eigenvalue weighted by molar-refractivity contribution is -0.114. The molecule has 98 valence electrons. The maximum atomic E-state index is 10.9. The number of carbonyl (C=O) groups excluding carboxylic acids is 1. The number of benzene rings is 1. The van der Waals surface area contributed by atoms with Crippen LogP contribution in [0.4, 0.5) is 5.69 Å². The Morgan fingerprint density at radius 2 is 2.17 bits per heavy atom.